The highest BCUT2D eigenvalue weighted by Crippen LogP contribution is 2.23. The van der Waals surface area contributed by atoms with Gasteiger partial charge in [-0.2, -0.15) is 0 Å². The second-order valence-electron chi connectivity index (χ2n) is 4.15. The third-order valence-corrected chi connectivity index (χ3v) is 4.06. The molecule has 1 atom stereocenters. The van der Waals surface area contributed by atoms with Crippen molar-refractivity contribution in [3.63, 3.8) is 0 Å². The van der Waals surface area contributed by atoms with E-state index in [-0.39, 0.29) is 0 Å². The summed E-state index contributed by atoms with van der Waals surface area (Å²) in [7, 11) is 0. The first-order chi connectivity index (χ1) is 8.69. The van der Waals surface area contributed by atoms with Crippen molar-refractivity contribution in [1.29, 1.82) is 0 Å². The van der Waals surface area contributed by atoms with Crippen LogP contribution in [-0.4, -0.2) is 6.26 Å². The fraction of sp³-hybridized carbons (Fsp3) is 0.200. The maximum atomic E-state index is 3.51. The van der Waals surface area contributed by atoms with Crippen molar-refractivity contribution >= 4 is 33.4 Å². The zero-order valence-corrected chi connectivity index (χ0v) is 12.9. The van der Waals surface area contributed by atoms with E-state index < -0.39 is 0 Å². The number of anilines is 1. The van der Waals surface area contributed by atoms with E-state index in [0.29, 0.717) is 6.04 Å². The Balaban J connectivity index is 2.08. The van der Waals surface area contributed by atoms with Gasteiger partial charge in [0.05, 0.1) is 0 Å². The summed E-state index contributed by atoms with van der Waals surface area (Å²) < 4.78 is 1.12. The zero-order chi connectivity index (χ0) is 13.0. The molecule has 0 saturated heterocycles. The van der Waals surface area contributed by atoms with Crippen LogP contribution >= 0.6 is 27.7 Å². The van der Waals surface area contributed by atoms with E-state index in [4.69, 9.17) is 0 Å². The minimum Gasteiger partial charge on any atom is -0.379 e. The van der Waals surface area contributed by atoms with Gasteiger partial charge in [-0.1, -0.05) is 28.1 Å². The molecule has 0 fully saturated rings. The quantitative estimate of drug-likeness (QED) is 0.762. The van der Waals surface area contributed by atoms with Gasteiger partial charge in [0.1, 0.15) is 0 Å². The van der Waals surface area contributed by atoms with Crippen LogP contribution in [0.15, 0.2) is 57.9 Å². The molecule has 0 radical (unpaired) electrons. The summed E-state index contributed by atoms with van der Waals surface area (Å²) in [6.07, 6.45) is 2.09. The number of nitrogens with one attached hydrogen (secondary N) is 1. The second kappa shape index (κ2) is 6.30. The van der Waals surface area contributed by atoms with Gasteiger partial charge < -0.3 is 5.32 Å². The highest BCUT2D eigenvalue weighted by molar-refractivity contribution is 9.10. The van der Waals surface area contributed by atoms with Crippen molar-refractivity contribution in [3.05, 3.63) is 58.6 Å². The molecular weight excluding hydrogens is 306 g/mol. The molecule has 0 aliphatic carbocycles. The molecule has 3 heteroatoms. The lowest BCUT2D eigenvalue weighted by Gasteiger charge is -2.16. The molecule has 1 N–H and O–H groups in total. The Morgan fingerprint density at radius 2 is 1.83 bits per heavy atom. The minimum atomic E-state index is 0.294. The lowest BCUT2D eigenvalue weighted by molar-refractivity contribution is 0.883. The average Bonchev–Trinajstić information content (AvgIpc) is 2.39. The summed E-state index contributed by atoms with van der Waals surface area (Å²) in [6, 6.07) is 17.2. The molecule has 0 aromatic heterocycles. The van der Waals surface area contributed by atoms with Gasteiger partial charge in [0.2, 0.25) is 0 Å². The van der Waals surface area contributed by atoms with E-state index in [1.165, 1.54) is 10.5 Å². The van der Waals surface area contributed by atoms with Crippen LogP contribution in [0, 0.1) is 0 Å². The zero-order valence-electron chi connectivity index (χ0n) is 10.5. The van der Waals surface area contributed by atoms with Gasteiger partial charge in [-0.05, 0) is 55.1 Å². The van der Waals surface area contributed by atoms with Crippen LogP contribution in [0.2, 0.25) is 0 Å². The number of hydrogen-bond acceptors (Lipinski definition) is 2. The predicted octanol–water partition coefficient (Wildman–Crippen LogP) is 5.34. The van der Waals surface area contributed by atoms with Crippen molar-refractivity contribution in [1.82, 2.24) is 0 Å². The smallest absolute Gasteiger partial charge is 0.0486 e. The molecule has 1 unspecified atom stereocenters. The normalized spacial score (nSPS) is 12.2. The summed E-state index contributed by atoms with van der Waals surface area (Å²) in [4.78, 5) is 1.29. The Morgan fingerprint density at radius 3 is 2.44 bits per heavy atom. The molecule has 2 aromatic rings. The number of rotatable bonds is 4. The Kier molecular flexibility index (Phi) is 4.72. The SMILES string of the molecule is CSc1ccc(NC(C)c2cccc(Br)c2)cc1. The molecule has 1 nitrogen and oxygen atoms in total. The van der Waals surface area contributed by atoms with E-state index in [0.717, 1.165) is 10.2 Å². The summed E-state index contributed by atoms with van der Waals surface area (Å²) in [5, 5.41) is 3.51. The molecule has 0 aliphatic heterocycles. The van der Waals surface area contributed by atoms with Crippen molar-refractivity contribution in [2.24, 2.45) is 0 Å². The Morgan fingerprint density at radius 1 is 1.11 bits per heavy atom. The Labute approximate surface area is 121 Å². The van der Waals surface area contributed by atoms with Gasteiger partial charge in [-0.25, -0.2) is 0 Å². The lowest BCUT2D eigenvalue weighted by atomic mass is 10.1. The molecule has 0 saturated carbocycles. The molecule has 94 valence electrons. The van der Waals surface area contributed by atoms with Crippen LogP contribution in [0.25, 0.3) is 0 Å². The Bertz CT molecular complexity index is 510. The Hall–Kier alpha value is -0.930. The topological polar surface area (TPSA) is 12.0 Å². The van der Waals surface area contributed by atoms with Crippen molar-refractivity contribution in [2.75, 3.05) is 11.6 Å². The van der Waals surface area contributed by atoms with Crippen molar-refractivity contribution in [3.8, 4) is 0 Å². The molecule has 0 bridgehead atoms. The number of hydrogen-bond donors (Lipinski definition) is 1. The molecule has 2 aromatic carbocycles. The van der Waals surface area contributed by atoms with E-state index in [1.807, 2.05) is 6.07 Å². The van der Waals surface area contributed by atoms with Crippen LogP contribution in [0.5, 0.6) is 0 Å². The fourth-order valence-corrected chi connectivity index (χ4v) is 2.62. The van der Waals surface area contributed by atoms with Gasteiger partial charge in [0.25, 0.3) is 0 Å². The van der Waals surface area contributed by atoms with Gasteiger partial charge in [0.15, 0.2) is 0 Å². The van der Waals surface area contributed by atoms with Crippen LogP contribution < -0.4 is 5.32 Å². The van der Waals surface area contributed by atoms with E-state index in [2.05, 4.69) is 76.9 Å². The van der Waals surface area contributed by atoms with Gasteiger partial charge in [0, 0.05) is 21.1 Å². The third kappa shape index (κ3) is 3.53. The van der Waals surface area contributed by atoms with Gasteiger partial charge >= 0.3 is 0 Å². The van der Waals surface area contributed by atoms with Crippen molar-refractivity contribution in [2.45, 2.75) is 17.9 Å². The highest BCUT2D eigenvalue weighted by Gasteiger charge is 2.05. The largest absolute Gasteiger partial charge is 0.379 e. The van der Waals surface area contributed by atoms with Crippen LogP contribution in [-0.2, 0) is 0 Å². The van der Waals surface area contributed by atoms with E-state index in [1.54, 1.807) is 11.8 Å². The first-order valence-corrected chi connectivity index (χ1v) is 7.87. The summed E-state index contributed by atoms with van der Waals surface area (Å²) in [5.74, 6) is 0. The number of thioether (sulfide) groups is 1. The summed E-state index contributed by atoms with van der Waals surface area (Å²) in [6.45, 7) is 2.17. The highest BCUT2D eigenvalue weighted by atomic mass is 79.9. The van der Waals surface area contributed by atoms with Crippen LogP contribution in [0.4, 0.5) is 5.69 Å². The summed E-state index contributed by atoms with van der Waals surface area (Å²) in [5.41, 5.74) is 2.43. The second-order valence-corrected chi connectivity index (χ2v) is 5.94. The monoisotopic (exact) mass is 321 g/mol. The van der Waals surface area contributed by atoms with Crippen molar-refractivity contribution < 1.29 is 0 Å². The lowest BCUT2D eigenvalue weighted by Crippen LogP contribution is -2.06. The fourth-order valence-electron chi connectivity index (χ4n) is 1.80. The van der Waals surface area contributed by atoms with E-state index in [9.17, 15) is 0 Å². The molecular formula is C15H16BrNS. The van der Waals surface area contributed by atoms with Crippen LogP contribution in [0.1, 0.15) is 18.5 Å². The average molecular weight is 322 g/mol. The molecule has 0 heterocycles. The molecule has 0 amide bonds. The molecule has 2 rings (SSSR count). The maximum Gasteiger partial charge on any atom is 0.0486 e. The predicted molar refractivity (Wildman–Crippen MR) is 84.4 cm³/mol. The number of benzene rings is 2. The molecule has 0 spiro atoms. The van der Waals surface area contributed by atoms with E-state index >= 15 is 0 Å². The third-order valence-electron chi connectivity index (χ3n) is 2.82. The van der Waals surface area contributed by atoms with Crippen LogP contribution in [0.3, 0.4) is 0 Å². The molecule has 0 aliphatic rings. The van der Waals surface area contributed by atoms with Gasteiger partial charge in [-0.3, -0.25) is 0 Å². The number of halogens is 1. The minimum absolute atomic E-state index is 0.294. The summed E-state index contributed by atoms with van der Waals surface area (Å²) >= 11 is 5.26. The standard InChI is InChI=1S/C15H16BrNS/c1-11(12-4-3-5-13(16)10-12)17-14-6-8-15(18-2)9-7-14/h3-11,17H,1-2H3. The molecule has 18 heavy (non-hydrogen) atoms. The van der Waals surface area contributed by atoms with Gasteiger partial charge in [-0.15, -0.1) is 11.8 Å². The first kappa shape index (κ1) is 13.5. The maximum absolute atomic E-state index is 3.51. The first-order valence-electron chi connectivity index (χ1n) is 5.85.